The number of sulfone groups is 1. The first-order chi connectivity index (χ1) is 15.1. The van der Waals surface area contributed by atoms with Crippen molar-refractivity contribution in [3.8, 4) is 16.5 Å². The molecule has 0 bridgehead atoms. The molecule has 0 aliphatic carbocycles. The normalized spacial score (nSPS) is 25.2. The highest BCUT2D eigenvalue weighted by atomic mass is 35.5. The second kappa shape index (κ2) is 9.87. The van der Waals surface area contributed by atoms with Crippen LogP contribution in [0.5, 0.6) is 0 Å². The van der Waals surface area contributed by atoms with Gasteiger partial charge in [-0.15, -0.1) is 11.3 Å². The molecule has 0 amide bonds. The number of rotatable bonds is 2. The number of aliphatic imine (C=N–C) groups is 1. The highest BCUT2D eigenvalue weighted by Crippen LogP contribution is 2.44. The third kappa shape index (κ3) is 5.49. The maximum atomic E-state index is 12.4. The van der Waals surface area contributed by atoms with E-state index in [0.717, 1.165) is 29.6 Å². The van der Waals surface area contributed by atoms with Gasteiger partial charge in [0, 0.05) is 36.0 Å². The van der Waals surface area contributed by atoms with Gasteiger partial charge in [0.15, 0.2) is 9.84 Å². The number of nitrogens with two attached hydrogens (primary N) is 1. The number of nitriles is 1. The third-order valence-electron chi connectivity index (χ3n) is 5.65. The van der Waals surface area contributed by atoms with E-state index in [4.69, 9.17) is 27.3 Å². The molecule has 1 unspecified atom stereocenters. The lowest BCUT2D eigenvalue weighted by atomic mass is 10.0. The molecule has 1 saturated heterocycles. The smallest absolute Gasteiger partial charge is 0.162 e. The molecule has 0 radical (unpaired) electrons. The summed E-state index contributed by atoms with van der Waals surface area (Å²) in [6, 6.07) is 5.49. The Kier molecular flexibility index (Phi) is 7.61. The predicted molar refractivity (Wildman–Crippen MR) is 129 cm³/mol. The van der Waals surface area contributed by atoms with Crippen LogP contribution in [0.4, 0.5) is 0 Å². The van der Waals surface area contributed by atoms with Crippen molar-refractivity contribution in [2.24, 2.45) is 16.6 Å². The summed E-state index contributed by atoms with van der Waals surface area (Å²) in [5.74, 6) is 0.847. The van der Waals surface area contributed by atoms with Crippen LogP contribution in [0.2, 0.25) is 5.02 Å². The van der Waals surface area contributed by atoms with Crippen LogP contribution in [0.1, 0.15) is 44.1 Å². The van der Waals surface area contributed by atoms with Gasteiger partial charge in [0.2, 0.25) is 0 Å². The number of pyridine rings is 1. The van der Waals surface area contributed by atoms with Gasteiger partial charge >= 0.3 is 0 Å². The van der Waals surface area contributed by atoms with E-state index >= 15 is 0 Å². The van der Waals surface area contributed by atoms with Crippen molar-refractivity contribution in [1.29, 1.82) is 5.26 Å². The lowest BCUT2D eigenvalue weighted by Gasteiger charge is -2.31. The SMILES string of the molecule is CC1C(N)=N[C@](C)(c2sc(-c3cncc(C#N)c3)cc2Cl)CS1(=O)=O.CC1CCOCC1. The number of ether oxygens (including phenoxy) is 1. The van der Waals surface area contributed by atoms with Gasteiger partial charge in [0.05, 0.1) is 21.2 Å². The van der Waals surface area contributed by atoms with Crippen molar-refractivity contribution < 1.29 is 13.2 Å². The first-order valence-electron chi connectivity index (χ1n) is 10.4. The fourth-order valence-corrected chi connectivity index (χ4v) is 6.92. The first kappa shape index (κ1) is 24.6. The minimum Gasteiger partial charge on any atom is -0.386 e. The summed E-state index contributed by atoms with van der Waals surface area (Å²) in [6.07, 6.45) is 5.63. The number of aromatic nitrogens is 1. The zero-order chi connectivity index (χ0) is 23.5. The lowest BCUT2D eigenvalue weighted by Crippen LogP contribution is -2.47. The number of nitrogens with zero attached hydrogens (tertiary/aromatic N) is 3. The topological polar surface area (TPSA) is 118 Å². The van der Waals surface area contributed by atoms with Crippen LogP contribution in [0.3, 0.4) is 0 Å². The van der Waals surface area contributed by atoms with Crippen molar-refractivity contribution >= 4 is 38.6 Å². The molecule has 2 aromatic rings. The van der Waals surface area contributed by atoms with Crippen LogP contribution in [-0.4, -0.2) is 43.5 Å². The van der Waals surface area contributed by atoms with Crippen molar-refractivity contribution in [3.63, 3.8) is 0 Å². The molecule has 0 aromatic carbocycles. The molecule has 0 spiro atoms. The summed E-state index contributed by atoms with van der Waals surface area (Å²) in [7, 11) is -3.41. The zero-order valence-corrected chi connectivity index (χ0v) is 20.7. The largest absolute Gasteiger partial charge is 0.386 e. The number of hydrogen-bond donors (Lipinski definition) is 1. The molecule has 4 rings (SSSR count). The molecule has 2 atom stereocenters. The van der Waals surface area contributed by atoms with Crippen molar-refractivity contribution in [2.75, 3.05) is 19.0 Å². The van der Waals surface area contributed by atoms with Crippen LogP contribution in [0, 0.1) is 17.2 Å². The predicted octanol–water partition coefficient (Wildman–Crippen LogP) is 4.16. The summed E-state index contributed by atoms with van der Waals surface area (Å²) in [5.41, 5.74) is 6.00. The highest BCUT2D eigenvalue weighted by molar-refractivity contribution is 7.92. The molecule has 2 aliphatic heterocycles. The summed E-state index contributed by atoms with van der Waals surface area (Å²) in [4.78, 5) is 9.90. The van der Waals surface area contributed by atoms with Crippen LogP contribution < -0.4 is 5.73 Å². The molecule has 2 N–H and O–H groups in total. The van der Waals surface area contributed by atoms with Gasteiger partial charge in [0.1, 0.15) is 22.7 Å². The van der Waals surface area contributed by atoms with Crippen molar-refractivity contribution in [3.05, 3.63) is 40.0 Å². The molecular formula is C22H27ClN4O3S2. The van der Waals surface area contributed by atoms with E-state index in [0.29, 0.717) is 15.5 Å². The van der Waals surface area contributed by atoms with Gasteiger partial charge < -0.3 is 10.5 Å². The average molecular weight is 495 g/mol. The molecule has 7 nitrogen and oxygen atoms in total. The van der Waals surface area contributed by atoms with Gasteiger partial charge in [0.25, 0.3) is 0 Å². The standard InChI is InChI=1S/C16H15ClN4O2S2.C6H12O/c1-9-15(19)21-16(2,8-25(9,22)23)14-12(17)4-13(24-14)11-3-10(5-18)6-20-7-11;1-6-2-4-7-5-3-6/h3-4,6-7,9H,8H2,1-2H3,(H2,19,21);6H,2-5H2,1H3/t9?,16-;/m0./s1. The summed E-state index contributed by atoms with van der Waals surface area (Å²) < 4.78 is 30.0. The molecule has 0 saturated carbocycles. The van der Waals surface area contributed by atoms with Crippen molar-refractivity contribution in [2.45, 2.75) is 44.4 Å². The molecule has 1 fully saturated rings. The van der Waals surface area contributed by atoms with E-state index in [1.165, 1.54) is 37.3 Å². The maximum absolute atomic E-state index is 12.4. The molecule has 4 heterocycles. The van der Waals surface area contributed by atoms with E-state index in [2.05, 4.69) is 16.9 Å². The minimum atomic E-state index is -3.41. The van der Waals surface area contributed by atoms with Crippen molar-refractivity contribution in [1.82, 2.24) is 4.98 Å². The number of hydrogen-bond acceptors (Lipinski definition) is 8. The average Bonchev–Trinajstić information content (AvgIpc) is 3.15. The van der Waals surface area contributed by atoms with Gasteiger partial charge in [-0.1, -0.05) is 18.5 Å². The Morgan fingerprint density at radius 3 is 2.53 bits per heavy atom. The van der Waals surface area contributed by atoms with E-state index < -0.39 is 20.6 Å². The fraction of sp³-hybridized carbons (Fsp3) is 0.500. The molecule has 172 valence electrons. The molecule has 10 heteroatoms. The molecule has 2 aliphatic rings. The Hall–Kier alpha value is -1.99. The fourth-order valence-electron chi connectivity index (χ4n) is 3.55. The zero-order valence-electron chi connectivity index (χ0n) is 18.3. The van der Waals surface area contributed by atoms with Gasteiger partial charge in [-0.3, -0.25) is 9.98 Å². The Labute approximate surface area is 198 Å². The van der Waals surface area contributed by atoms with Gasteiger partial charge in [-0.2, -0.15) is 5.26 Å². The second-order valence-corrected chi connectivity index (χ2v) is 12.2. The lowest BCUT2D eigenvalue weighted by molar-refractivity contribution is 0.0716. The summed E-state index contributed by atoms with van der Waals surface area (Å²) in [6.45, 7) is 7.51. The minimum absolute atomic E-state index is 0.0907. The molecule has 2 aromatic heterocycles. The van der Waals surface area contributed by atoms with Crippen LogP contribution >= 0.6 is 22.9 Å². The monoisotopic (exact) mass is 494 g/mol. The molecular weight excluding hydrogens is 468 g/mol. The van der Waals surface area contributed by atoms with Crippen LogP contribution in [0.25, 0.3) is 10.4 Å². The second-order valence-electron chi connectivity index (χ2n) is 8.42. The number of halogens is 1. The Morgan fingerprint density at radius 2 is 1.97 bits per heavy atom. The number of thiophene rings is 1. The maximum Gasteiger partial charge on any atom is 0.162 e. The highest BCUT2D eigenvalue weighted by Gasteiger charge is 2.43. The Balaban J connectivity index is 0.000000352. The van der Waals surface area contributed by atoms with Gasteiger partial charge in [-0.05, 0) is 44.7 Å². The van der Waals surface area contributed by atoms with Gasteiger partial charge in [-0.25, -0.2) is 8.42 Å². The van der Waals surface area contributed by atoms with Crippen LogP contribution in [-0.2, 0) is 20.1 Å². The van der Waals surface area contributed by atoms with E-state index in [-0.39, 0.29) is 11.6 Å². The van der Waals surface area contributed by atoms with E-state index in [1.807, 2.05) is 6.07 Å². The Morgan fingerprint density at radius 1 is 1.28 bits per heavy atom. The Bertz CT molecular complexity index is 1150. The quantitative estimate of drug-likeness (QED) is 0.669. The summed E-state index contributed by atoms with van der Waals surface area (Å²) >= 11 is 7.72. The summed E-state index contributed by atoms with van der Waals surface area (Å²) in [5, 5.41) is 8.64. The third-order valence-corrected chi connectivity index (χ3v) is 9.78. The van der Waals surface area contributed by atoms with Crippen LogP contribution in [0.15, 0.2) is 29.5 Å². The first-order valence-corrected chi connectivity index (χ1v) is 13.3. The van der Waals surface area contributed by atoms with E-state index in [1.54, 1.807) is 25.3 Å². The van der Waals surface area contributed by atoms with E-state index in [9.17, 15) is 8.42 Å². The molecule has 32 heavy (non-hydrogen) atoms. The number of amidine groups is 1.